The summed E-state index contributed by atoms with van der Waals surface area (Å²) in [4.78, 5) is 25.5. The molecule has 2 aliphatic rings. The fourth-order valence-corrected chi connectivity index (χ4v) is 3.97. The van der Waals surface area contributed by atoms with Crippen LogP contribution in [0.5, 0.6) is 0 Å². The van der Waals surface area contributed by atoms with Crippen LogP contribution in [0.2, 0.25) is 0 Å². The van der Waals surface area contributed by atoms with Crippen molar-refractivity contribution in [1.82, 2.24) is 15.5 Å². The van der Waals surface area contributed by atoms with Gasteiger partial charge in [0.15, 0.2) is 0 Å². The van der Waals surface area contributed by atoms with E-state index in [4.69, 9.17) is 5.73 Å². The fourth-order valence-electron chi connectivity index (χ4n) is 3.97. The lowest BCUT2D eigenvalue weighted by Crippen LogP contribution is -2.48. The Balaban J connectivity index is 1.61. The molecule has 1 saturated heterocycles. The molecule has 0 bridgehead atoms. The molecule has 136 valence electrons. The first-order valence-corrected chi connectivity index (χ1v) is 9.30. The van der Waals surface area contributed by atoms with Gasteiger partial charge in [0.1, 0.15) is 0 Å². The first-order chi connectivity index (χ1) is 12.1. The standard InChI is InChI=1S/C19H28N4O2/c20-18(24)21-12-14-6-5-11-23(13-14)19(25)22-17-10-4-2-8-15-7-1-3-9-16(15)17/h1,3,7,9,14,17H,2,4-6,8,10-13H2,(H,22,25)(H3,20,21,24)/t14-,17-/m0/s1. The third kappa shape index (κ3) is 4.65. The normalized spacial score (nSPS) is 23.3. The van der Waals surface area contributed by atoms with Gasteiger partial charge in [0.05, 0.1) is 6.04 Å². The van der Waals surface area contributed by atoms with Gasteiger partial charge in [0.25, 0.3) is 0 Å². The second-order valence-electron chi connectivity index (χ2n) is 7.15. The molecule has 0 unspecified atom stereocenters. The number of hydrogen-bond donors (Lipinski definition) is 3. The molecule has 1 heterocycles. The average Bonchev–Trinajstić information content (AvgIpc) is 2.83. The Bertz CT molecular complexity index is 619. The van der Waals surface area contributed by atoms with Crippen LogP contribution in [0.1, 0.15) is 49.3 Å². The van der Waals surface area contributed by atoms with E-state index in [0.29, 0.717) is 13.1 Å². The molecule has 0 saturated carbocycles. The zero-order valence-electron chi connectivity index (χ0n) is 14.7. The number of piperidine rings is 1. The Labute approximate surface area is 149 Å². The molecular formula is C19H28N4O2. The second-order valence-corrected chi connectivity index (χ2v) is 7.15. The molecule has 6 nitrogen and oxygen atoms in total. The SMILES string of the molecule is NC(=O)NC[C@@H]1CCCN(C(=O)N[C@H]2CCCCc3ccccc32)C1. The van der Waals surface area contributed by atoms with Crippen molar-refractivity contribution in [3.05, 3.63) is 35.4 Å². The van der Waals surface area contributed by atoms with E-state index in [9.17, 15) is 9.59 Å². The first-order valence-electron chi connectivity index (χ1n) is 9.30. The number of hydrogen-bond acceptors (Lipinski definition) is 2. The minimum absolute atomic E-state index is 0.00507. The van der Waals surface area contributed by atoms with E-state index < -0.39 is 6.03 Å². The van der Waals surface area contributed by atoms with Crippen molar-refractivity contribution in [2.24, 2.45) is 11.7 Å². The van der Waals surface area contributed by atoms with E-state index in [1.165, 1.54) is 17.5 Å². The van der Waals surface area contributed by atoms with Crippen LogP contribution in [0.3, 0.4) is 0 Å². The number of carbonyl (C=O) groups excluding carboxylic acids is 2. The third-order valence-electron chi connectivity index (χ3n) is 5.29. The molecule has 4 N–H and O–H groups in total. The number of nitrogens with two attached hydrogens (primary N) is 1. The van der Waals surface area contributed by atoms with E-state index >= 15 is 0 Å². The number of nitrogens with one attached hydrogen (secondary N) is 2. The average molecular weight is 344 g/mol. The monoisotopic (exact) mass is 344 g/mol. The highest BCUT2D eigenvalue weighted by molar-refractivity contribution is 5.75. The maximum Gasteiger partial charge on any atom is 0.317 e. The zero-order chi connectivity index (χ0) is 17.6. The van der Waals surface area contributed by atoms with E-state index in [0.717, 1.165) is 38.6 Å². The van der Waals surface area contributed by atoms with E-state index in [-0.39, 0.29) is 18.0 Å². The van der Waals surface area contributed by atoms with E-state index in [1.54, 1.807) is 0 Å². The molecule has 2 atom stereocenters. The number of fused-ring (bicyclic) bond motifs is 1. The highest BCUT2D eigenvalue weighted by Gasteiger charge is 2.27. The highest BCUT2D eigenvalue weighted by atomic mass is 16.2. The van der Waals surface area contributed by atoms with Gasteiger partial charge in [-0.15, -0.1) is 0 Å². The molecule has 0 spiro atoms. The summed E-state index contributed by atoms with van der Waals surface area (Å²) in [6.45, 7) is 1.97. The van der Waals surface area contributed by atoms with Gasteiger partial charge < -0.3 is 21.3 Å². The highest BCUT2D eigenvalue weighted by Crippen LogP contribution is 2.29. The smallest absolute Gasteiger partial charge is 0.317 e. The molecule has 1 aliphatic heterocycles. The van der Waals surface area contributed by atoms with Crippen molar-refractivity contribution < 1.29 is 9.59 Å². The maximum atomic E-state index is 12.8. The summed E-state index contributed by atoms with van der Waals surface area (Å²) >= 11 is 0. The minimum Gasteiger partial charge on any atom is -0.352 e. The Morgan fingerprint density at radius 2 is 2.00 bits per heavy atom. The predicted octanol–water partition coefficient (Wildman–Crippen LogP) is 2.54. The first kappa shape index (κ1) is 17.6. The Morgan fingerprint density at radius 1 is 1.16 bits per heavy atom. The van der Waals surface area contributed by atoms with Crippen molar-refractivity contribution in [2.45, 2.75) is 44.6 Å². The van der Waals surface area contributed by atoms with Gasteiger partial charge in [0, 0.05) is 19.6 Å². The number of nitrogens with zero attached hydrogens (tertiary/aromatic N) is 1. The quantitative estimate of drug-likeness (QED) is 0.736. The van der Waals surface area contributed by atoms with Crippen molar-refractivity contribution in [1.29, 1.82) is 0 Å². The number of carbonyl (C=O) groups is 2. The summed E-state index contributed by atoms with van der Waals surface area (Å²) < 4.78 is 0. The maximum absolute atomic E-state index is 12.8. The van der Waals surface area contributed by atoms with Crippen molar-refractivity contribution >= 4 is 12.1 Å². The molecule has 1 aromatic rings. The molecule has 0 aromatic heterocycles. The Morgan fingerprint density at radius 3 is 2.84 bits per heavy atom. The van der Waals surface area contributed by atoms with Crippen LogP contribution in [-0.4, -0.2) is 36.6 Å². The molecule has 1 aliphatic carbocycles. The van der Waals surface area contributed by atoms with Gasteiger partial charge in [-0.05, 0) is 49.1 Å². The van der Waals surface area contributed by atoms with E-state index in [1.807, 2.05) is 4.90 Å². The van der Waals surface area contributed by atoms with Gasteiger partial charge >= 0.3 is 12.1 Å². The van der Waals surface area contributed by atoms with Crippen LogP contribution in [-0.2, 0) is 6.42 Å². The molecule has 4 amide bonds. The van der Waals surface area contributed by atoms with Crippen molar-refractivity contribution in [3.63, 3.8) is 0 Å². The number of primary amides is 1. The topological polar surface area (TPSA) is 87.5 Å². The molecular weight excluding hydrogens is 316 g/mol. The number of amides is 4. The van der Waals surface area contributed by atoms with Crippen LogP contribution >= 0.6 is 0 Å². The molecule has 6 heteroatoms. The predicted molar refractivity (Wildman–Crippen MR) is 97.2 cm³/mol. The molecule has 0 radical (unpaired) electrons. The Hall–Kier alpha value is -2.24. The van der Waals surface area contributed by atoms with Gasteiger partial charge in [-0.1, -0.05) is 30.7 Å². The van der Waals surface area contributed by atoms with Crippen molar-refractivity contribution in [2.75, 3.05) is 19.6 Å². The van der Waals surface area contributed by atoms with Gasteiger partial charge in [-0.3, -0.25) is 0 Å². The van der Waals surface area contributed by atoms with Gasteiger partial charge in [-0.2, -0.15) is 0 Å². The lowest BCUT2D eigenvalue weighted by molar-refractivity contribution is 0.161. The van der Waals surface area contributed by atoms with Crippen LogP contribution < -0.4 is 16.4 Å². The van der Waals surface area contributed by atoms with Gasteiger partial charge in [-0.25, -0.2) is 9.59 Å². The van der Waals surface area contributed by atoms with Crippen LogP contribution in [0.15, 0.2) is 24.3 Å². The number of likely N-dealkylation sites (tertiary alicyclic amines) is 1. The lowest BCUT2D eigenvalue weighted by Gasteiger charge is -2.34. The van der Waals surface area contributed by atoms with Crippen molar-refractivity contribution in [3.8, 4) is 0 Å². The summed E-state index contributed by atoms with van der Waals surface area (Å²) in [5.74, 6) is 0.272. The third-order valence-corrected chi connectivity index (χ3v) is 5.29. The largest absolute Gasteiger partial charge is 0.352 e. The minimum atomic E-state index is -0.503. The van der Waals surface area contributed by atoms with Crippen LogP contribution in [0.25, 0.3) is 0 Å². The van der Waals surface area contributed by atoms with Gasteiger partial charge in [0.2, 0.25) is 0 Å². The molecule has 1 fully saturated rings. The number of aryl methyl sites for hydroxylation is 1. The number of rotatable bonds is 3. The summed E-state index contributed by atoms with van der Waals surface area (Å²) in [6, 6.07) is 8.03. The molecule has 1 aromatic carbocycles. The lowest BCUT2D eigenvalue weighted by atomic mass is 9.97. The fraction of sp³-hybridized carbons (Fsp3) is 0.579. The summed E-state index contributed by atoms with van der Waals surface area (Å²) in [5.41, 5.74) is 7.76. The zero-order valence-corrected chi connectivity index (χ0v) is 14.7. The van der Waals surface area contributed by atoms with E-state index in [2.05, 4.69) is 34.9 Å². The number of urea groups is 2. The van der Waals surface area contributed by atoms with Crippen LogP contribution in [0.4, 0.5) is 9.59 Å². The second kappa shape index (κ2) is 8.23. The molecule has 25 heavy (non-hydrogen) atoms. The molecule has 3 rings (SSSR count). The number of benzene rings is 1. The van der Waals surface area contributed by atoms with Crippen LogP contribution in [0, 0.1) is 5.92 Å². The Kier molecular flexibility index (Phi) is 5.79. The summed E-state index contributed by atoms with van der Waals surface area (Å²) in [5, 5.41) is 5.90. The summed E-state index contributed by atoms with van der Waals surface area (Å²) in [6.07, 6.45) is 6.35. The summed E-state index contributed by atoms with van der Waals surface area (Å²) in [7, 11) is 0.